The van der Waals surface area contributed by atoms with Gasteiger partial charge in [0.15, 0.2) is 0 Å². The minimum Gasteiger partial charge on any atom is -0.420 e. The highest BCUT2D eigenvalue weighted by Gasteiger charge is 2.53. The van der Waals surface area contributed by atoms with Crippen molar-refractivity contribution >= 4 is 109 Å². The first-order valence-electron chi connectivity index (χ1n) is 15.5. The van der Waals surface area contributed by atoms with Crippen LogP contribution in [0, 0.1) is 0 Å². The molecule has 0 unspecified atom stereocenters. The number of hydrogen-bond donors (Lipinski definition) is 0. The second-order valence-electron chi connectivity index (χ2n) is 11.1. The van der Waals surface area contributed by atoms with E-state index in [2.05, 4.69) is 52.6 Å². The molecule has 3 saturated heterocycles. The zero-order valence-electron chi connectivity index (χ0n) is 29.8. The molecule has 3 rings (SSSR count). The van der Waals surface area contributed by atoms with E-state index >= 15 is 0 Å². The van der Waals surface area contributed by atoms with Crippen LogP contribution in [0.3, 0.4) is 0 Å². The third kappa shape index (κ3) is 16.2. The predicted octanol–water partition coefficient (Wildman–Crippen LogP) is 2.57. The van der Waals surface area contributed by atoms with E-state index in [1.807, 2.05) is 52.4 Å². The largest absolute Gasteiger partial charge is 0.420 e. The standard InChI is InChI=1S/C12H24O4Si4.C8H16O4Si4.C4H16O4Si4/c1-9-17(5)13-18(6,10-2)15-20(8,12-4)16-19(7,11-3)14-17;1-5-13-9-14(6-2)11-16(8-4)12-15(7-3)10-13;1-9-5-10(2)7-12(4)8-11(3)6-9/h9-12H,1-4H2,5-8H3;5-8,13-16H,1-4H2;9-12H,1-4H3. The van der Waals surface area contributed by atoms with Gasteiger partial charge in [-0.05, 0) is 52.4 Å². The average Bonchev–Trinajstić information content (AvgIpc) is 3.00. The molecular formula is C24H56O12Si12. The molecule has 0 aromatic rings. The zero-order valence-corrected chi connectivity index (χ0v) is 43.0. The maximum atomic E-state index is 6.25. The second-order valence-corrected chi connectivity index (χ2v) is 42.2. The van der Waals surface area contributed by atoms with E-state index in [1.54, 1.807) is 45.6 Å². The fraction of sp³-hybridized carbons (Fsp3) is 0.333. The van der Waals surface area contributed by atoms with Crippen LogP contribution in [0.4, 0.5) is 0 Å². The summed E-state index contributed by atoms with van der Waals surface area (Å²) in [5.74, 6) is 0. The van der Waals surface area contributed by atoms with E-state index in [4.69, 9.17) is 49.4 Å². The Hall–Kier alpha value is 0.0426. The van der Waals surface area contributed by atoms with Crippen LogP contribution >= 0.6 is 0 Å². The van der Waals surface area contributed by atoms with Gasteiger partial charge in [-0.1, -0.05) is 45.6 Å². The van der Waals surface area contributed by atoms with E-state index in [1.165, 1.54) is 0 Å². The molecule has 0 radical (unpaired) electrons. The molecular weight excluding hydrogens is 817 g/mol. The summed E-state index contributed by atoms with van der Waals surface area (Å²) in [7, 11) is -23.6. The topological polar surface area (TPSA) is 111 Å². The highest BCUT2D eigenvalue weighted by molar-refractivity contribution is 6.98. The van der Waals surface area contributed by atoms with Gasteiger partial charge in [-0.2, -0.15) is 0 Å². The van der Waals surface area contributed by atoms with E-state index < -0.39 is 109 Å². The molecule has 12 nitrogen and oxygen atoms in total. The summed E-state index contributed by atoms with van der Waals surface area (Å²) in [4.78, 5) is 0. The number of hydrogen-bond acceptors (Lipinski definition) is 12. The van der Waals surface area contributed by atoms with Gasteiger partial charge in [0, 0.05) is 0 Å². The quantitative estimate of drug-likeness (QED) is 0.335. The molecule has 48 heavy (non-hydrogen) atoms. The molecule has 3 heterocycles. The monoisotopic (exact) mass is 872 g/mol. The van der Waals surface area contributed by atoms with Crippen molar-refractivity contribution in [3.05, 3.63) is 98.2 Å². The van der Waals surface area contributed by atoms with Crippen LogP contribution in [0.2, 0.25) is 52.4 Å². The molecule has 3 aliphatic rings. The zero-order chi connectivity index (χ0) is 36.8. The smallest absolute Gasteiger partial charge is 0.344 e. The van der Waals surface area contributed by atoms with Gasteiger partial charge < -0.3 is 49.4 Å². The Kier molecular flexibility index (Phi) is 20.7. The maximum absolute atomic E-state index is 6.25. The molecule has 3 aliphatic heterocycles. The first-order valence-corrected chi connectivity index (χ1v) is 39.9. The van der Waals surface area contributed by atoms with Crippen molar-refractivity contribution in [2.75, 3.05) is 0 Å². The lowest BCUT2D eigenvalue weighted by molar-refractivity contribution is 0.250. The minimum atomic E-state index is -2.60. The summed E-state index contributed by atoms with van der Waals surface area (Å²) in [6.45, 7) is 46.1. The van der Waals surface area contributed by atoms with Crippen LogP contribution in [-0.4, -0.2) is 109 Å². The SMILES string of the molecule is C=C[SiH]1O[SiH](C=C)O[SiH](C=C)O[SiH](C=C)O1.C=C[Si]1(C)O[Si](C)(C=C)O[Si](C)(C=C)O[Si](C)(C=C)O1.C[SiH]1O[SiH](C)O[SiH](C)O[SiH](C)O1. The maximum Gasteiger partial charge on any atom is 0.344 e. The van der Waals surface area contributed by atoms with Crippen LogP contribution < -0.4 is 0 Å². The van der Waals surface area contributed by atoms with Crippen molar-refractivity contribution in [1.29, 1.82) is 0 Å². The highest BCUT2D eigenvalue weighted by atomic mass is 28.5. The van der Waals surface area contributed by atoms with E-state index in [0.717, 1.165) is 0 Å². The van der Waals surface area contributed by atoms with Crippen molar-refractivity contribution < 1.29 is 49.4 Å². The molecule has 0 aromatic carbocycles. The Bertz CT molecular complexity index is 930. The Morgan fingerprint density at radius 1 is 0.333 bits per heavy atom. The van der Waals surface area contributed by atoms with E-state index in [9.17, 15) is 0 Å². The summed E-state index contributed by atoms with van der Waals surface area (Å²) in [5, 5.41) is 0. The Morgan fingerprint density at radius 3 is 0.625 bits per heavy atom. The van der Waals surface area contributed by atoms with Crippen LogP contribution in [0.1, 0.15) is 0 Å². The molecule has 3 fully saturated rings. The lowest BCUT2D eigenvalue weighted by atomic mass is 11.3. The lowest BCUT2D eigenvalue weighted by Crippen LogP contribution is -2.65. The first-order chi connectivity index (χ1) is 22.4. The van der Waals surface area contributed by atoms with Crippen molar-refractivity contribution in [2.24, 2.45) is 0 Å². The fourth-order valence-electron chi connectivity index (χ4n) is 4.34. The molecule has 0 amide bonds. The van der Waals surface area contributed by atoms with Crippen LogP contribution in [0.5, 0.6) is 0 Å². The summed E-state index contributed by atoms with van der Waals surface area (Å²) in [6.07, 6.45) is 0. The van der Waals surface area contributed by atoms with Gasteiger partial charge in [0.05, 0.1) is 0 Å². The third-order valence-corrected chi connectivity index (χ3v) is 44.8. The lowest BCUT2D eigenvalue weighted by Gasteiger charge is -2.46. The molecule has 0 N–H and O–H groups in total. The summed E-state index contributed by atoms with van der Waals surface area (Å²) >= 11 is 0. The van der Waals surface area contributed by atoms with Gasteiger partial charge in [0.2, 0.25) is 0 Å². The average molecular weight is 874 g/mol. The molecule has 0 bridgehead atoms. The molecule has 272 valence electrons. The molecule has 0 saturated carbocycles. The Balaban J connectivity index is 0.000000371. The molecule has 0 atom stereocenters. The number of rotatable bonds is 8. The van der Waals surface area contributed by atoms with Gasteiger partial charge in [-0.15, -0.1) is 52.6 Å². The summed E-state index contributed by atoms with van der Waals surface area (Å²) < 4.78 is 70.6. The predicted molar refractivity (Wildman–Crippen MR) is 222 cm³/mol. The van der Waals surface area contributed by atoms with Crippen molar-refractivity contribution in [2.45, 2.75) is 52.4 Å². The van der Waals surface area contributed by atoms with Crippen molar-refractivity contribution in [1.82, 2.24) is 0 Å². The third-order valence-electron chi connectivity index (χ3n) is 6.48. The first kappa shape index (κ1) is 46.1. The Labute approximate surface area is 306 Å². The van der Waals surface area contributed by atoms with Crippen LogP contribution in [0.25, 0.3) is 0 Å². The van der Waals surface area contributed by atoms with E-state index in [0.29, 0.717) is 0 Å². The molecule has 24 heteroatoms. The van der Waals surface area contributed by atoms with Gasteiger partial charge >= 0.3 is 71.4 Å². The molecule has 0 aromatic heterocycles. The highest BCUT2D eigenvalue weighted by Crippen LogP contribution is 2.32. The van der Waals surface area contributed by atoms with Crippen molar-refractivity contribution in [3.8, 4) is 0 Å². The van der Waals surface area contributed by atoms with Gasteiger partial charge in [-0.25, -0.2) is 0 Å². The minimum absolute atomic E-state index is 1.42. The van der Waals surface area contributed by atoms with Crippen LogP contribution in [-0.2, 0) is 49.4 Å². The van der Waals surface area contributed by atoms with Crippen molar-refractivity contribution in [3.63, 3.8) is 0 Å². The summed E-state index contributed by atoms with van der Waals surface area (Å²) in [5.41, 5.74) is 13.9. The molecule has 0 aliphatic carbocycles. The normalized spacial score (nSPS) is 42.2. The van der Waals surface area contributed by atoms with Gasteiger partial charge in [0.1, 0.15) is 0 Å². The summed E-state index contributed by atoms with van der Waals surface area (Å²) in [6, 6.07) is 0. The van der Waals surface area contributed by atoms with E-state index in [-0.39, 0.29) is 0 Å². The van der Waals surface area contributed by atoms with Crippen LogP contribution in [0.15, 0.2) is 98.2 Å². The molecule has 0 spiro atoms. The Morgan fingerprint density at radius 2 is 0.500 bits per heavy atom. The van der Waals surface area contributed by atoms with Gasteiger partial charge in [-0.3, -0.25) is 0 Å². The fourth-order valence-corrected chi connectivity index (χ4v) is 45.1. The van der Waals surface area contributed by atoms with Gasteiger partial charge in [0.25, 0.3) is 37.1 Å². The second kappa shape index (κ2) is 21.5.